The quantitative estimate of drug-likeness (QED) is 0.371. The summed E-state index contributed by atoms with van der Waals surface area (Å²) in [4.78, 5) is 26.9. The Balaban J connectivity index is 1.33. The molecule has 1 aliphatic rings. The molecule has 1 aliphatic heterocycles. The zero-order valence-corrected chi connectivity index (χ0v) is 19.4. The summed E-state index contributed by atoms with van der Waals surface area (Å²) in [6.07, 6.45) is 4.36. The molecule has 31 heavy (non-hydrogen) atoms. The van der Waals surface area contributed by atoms with Gasteiger partial charge in [0.1, 0.15) is 6.26 Å². The van der Waals surface area contributed by atoms with Crippen molar-refractivity contribution >= 4 is 63.2 Å². The van der Waals surface area contributed by atoms with Gasteiger partial charge in [-0.25, -0.2) is 0 Å². The van der Waals surface area contributed by atoms with Gasteiger partial charge in [0.15, 0.2) is 4.34 Å². The van der Waals surface area contributed by atoms with E-state index in [9.17, 15) is 9.59 Å². The number of hydrogen-bond acceptors (Lipinski definition) is 7. The van der Waals surface area contributed by atoms with Gasteiger partial charge in [-0.15, -0.1) is 10.2 Å². The van der Waals surface area contributed by atoms with Crippen molar-refractivity contribution in [2.45, 2.75) is 22.9 Å². The van der Waals surface area contributed by atoms with E-state index in [1.54, 1.807) is 29.2 Å². The molecule has 2 amide bonds. The second-order valence-electron chi connectivity index (χ2n) is 6.95. The van der Waals surface area contributed by atoms with Crippen LogP contribution in [-0.2, 0) is 10.5 Å². The summed E-state index contributed by atoms with van der Waals surface area (Å²) in [7, 11) is 0. The number of carbonyl (C=O) groups is 2. The number of aromatic nitrogens is 2. The molecular weight excluding hydrogens is 479 g/mol. The minimum Gasteiger partial charge on any atom is -0.472 e. The van der Waals surface area contributed by atoms with Gasteiger partial charge in [-0.3, -0.25) is 9.59 Å². The molecule has 0 spiro atoms. The fourth-order valence-corrected chi connectivity index (χ4v) is 5.77. The first-order valence-electron chi connectivity index (χ1n) is 9.53. The molecule has 0 bridgehead atoms. The fourth-order valence-electron chi connectivity index (χ4n) is 3.27. The summed E-state index contributed by atoms with van der Waals surface area (Å²) in [5.74, 6) is -0.0356. The van der Waals surface area contributed by atoms with Gasteiger partial charge in [0, 0.05) is 28.9 Å². The number of thioether (sulfide) groups is 1. The van der Waals surface area contributed by atoms with Crippen LogP contribution in [0.25, 0.3) is 0 Å². The van der Waals surface area contributed by atoms with Crippen LogP contribution >= 0.6 is 46.3 Å². The van der Waals surface area contributed by atoms with Crippen LogP contribution in [-0.4, -0.2) is 40.0 Å². The van der Waals surface area contributed by atoms with Crippen molar-refractivity contribution in [1.82, 2.24) is 15.1 Å². The number of rotatable bonds is 6. The van der Waals surface area contributed by atoms with Crippen molar-refractivity contribution in [1.29, 1.82) is 0 Å². The Labute approximate surface area is 197 Å². The van der Waals surface area contributed by atoms with E-state index in [4.69, 9.17) is 27.6 Å². The highest BCUT2D eigenvalue weighted by Gasteiger charge is 2.29. The van der Waals surface area contributed by atoms with E-state index in [2.05, 4.69) is 15.5 Å². The van der Waals surface area contributed by atoms with Crippen LogP contribution in [0.1, 0.15) is 28.8 Å². The van der Waals surface area contributed by atoms with Gasteiger partial charge in [0.05, 0.1) is 17.7 Å². The molecule has 3 aromatic rings. The van der Waals surface area contributed by atoms with Crippen LogP contribution in [0.2, 0.25) is 10.0 Å². The van der Waals surface area contributed by atoms with Gasteiger partial charge in [-0.05, 0) is 36.6 Å². The van der Waals surface area contributed by atoms with Crippen LogP contribution in [0.5, 0.6) is 0 Å². The second kappa shape index (κ2) is 10.0. The molecule has 1 atom stereocenters. The lowest BCUT2D eigenvalue weighted by Gasteiger charge is -2.31. The Hall–Kier alpha value is -2.07. The minimum absolute atomic E-state index is 0.126. The van der Waals surface area contributed by atoms with Gasteiger partial charge >= 0.3 is 0 Å². The lowest BCUT2D eigenvalue weighted by Crippen LogP contribution is -2.43. The molecule has 1 aromatic carbocycles. The molecule has 2 aromatic heterocycles. The number of likely N-dealkylation sites (tertiary alicyclic amines) is 1. The molecule has 1 fully saturated rings. The summed E-state index contributed by atoms with van der Waals surface area (Å²) in [5.41, 5.74) is 1.33. The van der Waals surface area contributed by atoms with Crippen molar-refractivity contribution in [3.8, 4) is 0 Å². The summed E-state index contributed by atoms with van der Waals surface area (Å²) in [5, 5.41) is 12.6. The topological polar surface area (TPSA) is 88.3 Å². The summed E-state index contributed by atoms with van der Waals surface area (Å²) in [6.45, 7) is 0.985. The third-order valence-electron chi connectivity index (χ3n) is 4.89. The normalized spacial score (nSPS) is 16.3. The van der Waals surface area contributed by atoms with Crippen molar-refractivity contribution < 1.29 is 14.0 Å². The van der Waals surface area contributed by atoms with E-state index in [1.807, 2.05) is 0 Å². The van der Waals surface area contributed by atoms with Crippen molar-refractivity contribution in [2.24, 2.45) is 5.92 Å². The Kier molecular flexibility index (Phi) is 7.16. The molecule has 0 saturated carbocycles. The summed E-state index contributed by atoms with van der Waals surface area (Å²) in [6, 6.07) is 7.01. The molecular formula is C20H18Cl2N4O3S2. The molecule has 7 nitrogen and oxygen atoms in total. The van der Waals surface area contributed by atoms with Gasteiger partial charge in [-0.1, -0.05) is 52.4 Å². The third kappa shape index (κ3) is 5.41. The number of piperidine rings is 1. The summed E-state index contributed by atoms with van der Waals surface area (Å²) < 4.78 is 5.69. The highest BCUT2D eigenvalue weighted by molar-refractivity contribution is 8.00. The third-order valence-corrected chi connectivity index (χ3v) is 7.59. The highest BCUT2D eigenvalue weighted by Crippen LogP contribution is 2.34. The number of furan rings is 1. The molecule has 0 radical (unpaired) electrons. The SMILES string of the molecule is O=C(Nc1nnc(SCc2c(Cl)cccc2Cl)s1)C1CCCN(C(=O)c2ccoc2)C1. The number of nitrogens with one attached hydrogen (secondary N) is 1. The maximum Gasteiger partial charge on any atom is 0.257 e. The van der Waals surface area contributed by atoms with E-state index < -0.39 is 0 Å². The van der Waals surface area contributed by atoms with E-state index in [1.165, 1.54) is 35.6 Å². The first-order valence-corrected chi connectivity index (χ1v) is 12.1. The van der Waals surface area contributed by atoms with Gasteiger partial charge in [-0.2, -0.15) is 0 Å². The Morgan fingerprint density at radius 1 is 1.26 bits per heavy atom. The number of anilines is 1. The number of hydrogen-bond donors (Lipinski definition) is 1. The lowest BCUT2D eigenvalue weighted by molar-refractivity contribution is -0.121. The molecule has 4 rings (SSSR count). The van der Waals surface area contributed by atoms with Crippen LogP contribution in [0.15, 0.2) is 45.5 Å². The van der Waals surface area contributed by atoms with Gasteiger partial charge in [0.2, 0.25) is 11.0 Å². The predicted octanol–water partition coefficient (Wildman–Crippen LogP) is 5.22. The Morgan fingerprint density at radius 3 is 2.81 bits per heavy atom. The first-order chi connectivity index (χ1) is 15.0. The second-order valence-corrected chi connectivity index (χ2v) is 9.97. The Morgan fingerprint density at radius 2 is 2.06 bits per heavy atom. The van der Waals surface area contributed by atoms with Gasteiger partial charge in [0.25, 0.3) is 5.91 Å². The average Bonchev–Trinajstić information content (AvgIpc) is 3.45. The predicted molar refractivity (Wildman–Crippen MR) is 122 cm³/mol. The zero-order chi connectivity index (χ0) is 21.8. The smallest absolute Gasteiger partial charge is 0.257 e. The molecule has 0 aliphatic carbocycles. The maximum absolute atomic E-state index is 12.7. The van der Waals surface area contributed by atoms with Crippen LogP contribution in [0.3, 0.4) is 0 Å². The number of carbonyl (C=O) groups excluding carboxylic acids is 2. The fraction of sp³-hybridized carbons (Fsp3) is 0.300. The van der Waals surface area contributed by atoms with E-state index >= 15 is 0 Å². The van der Waals surface area contributed by atoms with E-state index in [0.29, 0.717) is 50.3 Å². The summed E-state index contributed by atoms with van der Waals surface area (Å²) >= 11 is 15.1. The Bertz CT molecular complexity index is 1050. The molecule has 1 saturated heterocycles. The monoisotopic (exact) mass is 496 g/mol. The highest BCUT2D eigenvalue weighted by atomic mass is 35.5. The van der Waals surface area contributed by atoms with Crippen molar-refractivity contribution in [3.63, 3.8) is 0 Å². The minimum atomic E-state index is -0.300. The molecule has 1 N–H and O–H groups in total. The molecule has 11 heteroatoms. The standard InChI is InChI=1S/C20H18Cl2N4O3S2/c21-15-4-1-5-16(22)14(15)11-30-20-25-24-19(31-20)23-17(27)12-3-2-7-26(9-12)18(28)13-6-8-29-10-13/h1,4-6,8,10,12H,2-3,7,9,11H2,(H,23,24,27). The largest absolute Gasteiger partial charge is 0.472 e. The first kappa shape index (κ1) is 22.1. The molecule has 1 unspecified atom stereocenters. The van der Waals surface area contributed by atoms with E-state index in [-0.39, 0.29) is 17.7 Å². The van der Waals surface area contributed by atoms with Gasteiger partial charge < -0.3 is 14.6 Å². The number of halogens is 2. The number of benzene rings is 1. The zero-order valence-electron chi connectivity index (χ0n) is 16.2. The molecule has 162 valence electrons. The van der Waals surface area contributed by atoms with Crippen LogP contribution < -0.4 is 5.32 Å². The van der Waals surface area contributed by atoms with Crippen LogP contribution in [0, 0.1) is 5.92 Å². The van der Waals surface area contributed by atoms with E-state index in [0.717, 1.165) is 12.0 Å². The lowest BCUT2D eigenvalue weighted by atomic mass is 9.97. The van der Waals surface area contributed by atoms with Crippen molar-refractivity contribution in [2.75, 3.05) is 18.4 Å². The van der Waals surface area contributed by atoms with Crippen molar-refractivity contribution in [3.05, 3.63) is 58.0 Å². The number of nitrogens with zero attached hydrogens (tertiary/aromatic N) is 3. The average molecular weight is 497 g/mol. The maximum atomic E-state index is 12.7. The van der Waals surface area contributed by atoms with Crippen LogP contribution in [0.4, 0.5) is 5.13 Å². The molecule has 3 heterocycles. The number of amides is 2.